The van der Waals surface area contributed by atoms with Gasteiger partial charge in [0.05, 0.1) is 11.3 Å². The molecule has 33 heavy (non-hydrogen) atoms. The fourth-order valence-corrected chi connectivity index (χ4v) is 4.99. The van der Waals surface area contributed by atoms with E-state index in [-0.39, 0.29) is 5.92 Å². The van der Waals surface area contributed by atoms with Crippen LogP contribution in [0.25, 0.3) is 11.3 Å². The summed E-state index contributed by atoms with van der Waals surface area (Å²) in [6.45, 7) is 0. The normalized spacial score (nSPS) is 15.5. The third-order valence-corrected chi connectivity index (χ3v) is 6.65. The first-order valence-electron chi connectivity index (χ1n) is 10.4. The van der Waals surface area contributed by atoms with Crippen molar-refractivity contribution in [2.24, 2.45) is 7.05 Å². The molecule has 0 saturated carbocycles. The second kappa shape index (κ2) is 8.55. The summed E-state index contributed by atoms with van der Waals surface area (Å²) in [5.41, 5.74) is 3.84. The Bertz CT molecular complexity index is 1290. The minimum absolute atomic E-state index is 0.0247. The predicted molar refractivity (Wildman–Crippen MR) is 122 cm³/mol. The molecule has 0 bridgehead atoms. The molecule has 1 aliphatic rings. The van der Waals surface area contributed by atoms with Crippen LogP contribution in [0.15, 0.2) is 72.0 Å². The Hall–Kier alpha value is -3.33. The summed E-state index contributed by atoms with van der Waals surface area (Å²) in [5.74, 6) is 0.558. The highest BCUT2D eigenvalue weighted by Crippen LogP contribution is 2.44. The van der Waals surface area contributed by atoms with Gasteiger partial charge in [0.25, 0.3) is 0 Å². The summed E-state index contributed by atoms with van der Waals surface area (Å²) in [5, 5.41) is 4.17. The van der Waals surface area contributed by atoms with Gasteiger partial charge in [0.1, 0.15) is 0 Å². The summed E-state index contributed by atoms with van der Waals surface area (Å²) in [6.07, 6.45) is 2.26. The number of alkyl halides is 3. The van der Waals surface area contributed by atoms with Gasteiger partial charge in [-0.05, 0) is 77.9 Å². The van der Waals surface area contributed by atoms with Crippen LogP contribution in [0.3, 0.4) is 0 Å². The number of aromatic nitrogens is 4. The number of rotatable bonds is 5. The first kappa shape index (κ1) is 21.5. The van der Waals surface area contributed by atoms with Crippen LogP contribution in [0.4, 0.5) is 19.1 Å². The van der Waals surface area contributed by atoms with Gasteiger partial charge < -0.3 is 0 Å². The molecule has 0 amide bonds. The maximum atomic E-state index is 13.5. The van der Waals surface area contributed by atoms with Gasteiger partial charge in [-0.2, -0.15) is 18.3 Å². The summed E-state index contributed by atoms with van der Waals surface area (Å²) < 4.78 is 45.1. The van der Waals surface area contributed by atoms with E-state index in [0.29, 0.717) is 17.2 Å². The Labute approximate surface area is 193 Å². The minimum atomic E-state index is -4.40. The van der Waals surface area contributed by atoms with Crippen molar-refractivity contribution in [3.63, 3.8) is 0 Å². The van der Waals surface area contributed by atoms with Crippen molar-refractivity contribution in [2.45, 2.75) is 29.8 Å². The summed E-state index contributed by atoms with van der Waals surface area (Å²) in [4.78, 5) is 9.34. The first-order chi connectivity index (χ1) is 15.9. The van der Waals surface area contributed by atoms with Crippen molar-refractivity contribution in [2.75, 3.05) is 4.72 Å². The minimum Gasteiger partial charge on any atom is -0.294 e. The smallest absolute Gasteiger partial charge is 0.294 e. The van der Waals surface area contributed by atoms with Gasteiger partial charge in [0, 0.05) is 42.0 Å². The number of nitrogens with zero attached hydrogens (tertiary/aromatic N) is 4. The van der Waals surface area contributed by atoms with Crippen LogP contribution in [-0.4, -0.2) is 19.7 Å². The lowest BCUT2D eigenvalue weighted by Gasteiger charge is -2.19. The molecule has 4 aromatic rings. The van der Waals surface area contributed by atoms with E-state index in [1.807, 2.05) is 6.07 Å². The number of hydrogen-bond donors (Lipinski definition) is 1. The van der Waals surface area contributed by atoms with E-state index in [1.165, 1.54) is 29.6 Å². The predicted octanol–water partition coefficient (Wildman–Crippen LogP) is 6.09. The quantitative estimate of drug-likeness (QED) is 0.360. The summed E-state index contributed by atoms with van der Waals surface area (Å²) in [7, 11) is 1.74. The van der Waals surface area contributed by atoms with Crippen LogP contribution < -0.4 is 4.72 Å². The zero-order chi connectivity index (χ0) is 23.0. The van der Waals surface area contributed by atoms with E-state index in [4.69, 9.17) is 0 Å². The lowest BCUT2D eigenvalue weighted by Crippen LogP contribution is -2.08. The highest BCUT2D eigenvalue weighted by Gasteiger charge is 2.33. The van der Waals surface area contributed by atoms with Gasteiger partial charge in [0.15, 0.2) is 0 Å². The van der Waals surface area contributed by atoms with Crippen LogP contribution in [0, 0.1) is 0 Å². The van der Waals surface area contributed by atoms with Crippen molar-refractivity contribution in [1.82, 2.24) is 19.7 Å². The van der Waals surface area contributed by atoms with Gasteiger partial charge in [0.2, 0.25) is 5.95 Å². The molecule has 5 rings (SSSR count). The van der Waals surface area contributed by atoms with Crippen LogP contribution >= 0.6 is 11.9 Å². The maximum Gasteiger partial charge on any atom is 0.416 e. The summed E-state index contributed by atoms with van der Waals surface area (Å²) in [6, 6.07) is 13.8. The maximum absolute atomic E-state index is 13.5. The average molecular weight is 468 g/mol. The fourth-order valence-electron chi connectivity index (χ4n) is 4.33. The average Bonchev–Trinajstić information content (AvgIpc) is 3.43. The van der Waals surface area contributed by atoms with Crippen LogP contribution in [0.1, 0.15) is 34.6 Å². The van der Waals surface area contributed by atoms with E-state index in [9.17, 15) is 13.2 Å². The van der Waals surface area contributed by atoms with Crippen molar-refractivity contribution in [1.29, 1.82) is 0 Å². The van der Waals surface area contributed by atoms with Crippen LogP contribution in [0.5, 0.6) is 0 Å². The highest BCUT2D eigenvalue weighted by molar-refractivity contribution is 8.00. The number of fused-ring (bicyclic) bond motifs is 1. The van der Waals surface area contributed by atoms with Crippen LogP contribution in [-0.2, 0) is 19.6 Å². The largest absolute Gasteiger partial charge is 0.416 e. The number of halogens is 3. The molecular weight excluding hydrogens is 447 g/mol. The molecule has 0 aliphatic heterocycles. The molecule has 168 valence electrons. The van der Waals surface area contributed by atoms with E-state index >= 15 is 0 Å². The van der Waals surface area contributed by atoms with Crippen molar-refractivity contribution >= 4 is 17.9 Å². The molecule has 5 nitrogen and oxygen atoms in total. The molecule has 1 unspecified atom stereocenters. The topological polar surface area (TPSA) is 55.6 Å². The first-order valence-corrected chi connectivity index (χ1v) is 11.2. The van der Waals surface area contributed by atoms with E-state index in [1.54, 1.807) is 48.5 Å². The fraction of sp³-hybridized carbons (Fsp3) is 0.208. The third-order valence-electron chi connectivity index (χ3n) is 5.87. The van der Waals surface area contributed by atoms with Gasteiger partial charge in [-0.3, -0.25) is 9.40 Å². The molecule has 2 aromatic heterocycles. The van der Waals surface area contributed by atoms with Crippen LogP contribution in [0.2, 0.25) is 0 Å². The van der Waals surface area contributed by atoms with Gasteiger partial charge in [-0.15, -0.1) is 0 Å². The Kier molecular flexibility index (Phi) is 5.57. The number of nitrogens with one attached hydrogen (secondary N) is 1. The molecule has 1 aliphatic carbocycles. The van der Waals surface area contributed by atoms with Gasteiger partial charge in [-0.25, -0.2) is 9.97 Å². The highest BCUT2D eigenvalue weighted by atomic mass is 32.2. The lowest BCUT2D eigenvalue weighted by molar-refractivity contribution is -0.137. The zero-order valence-electron chi connectivity index (χ0n) is 17.7. The molecule has 2 heterocycles. The summed E-state index contributed by atoms with van der Waals surface area (Å²) >= 11 is 1.43. The number of aryl methyl sites for hydroxylation is 2. The zero-order valence-corrected chi connectivity index (χ0v) is 18.5. The Balaban J connectivity index is 1.47. The Morgan fingerprint density at radius 3 is 2.52 bits per heavy atom. The molecule has 0 radical (unpaired) electrons. The van der Waals surface area contributed by atoms with Crippen molar-refractivity contribution in [3.05, 3.63) is 89.4 Å². The molecule has 9 heteroatoms. The molecule has 0 spiro atoms. The molecule has 0 saturated heterocycles. The second-order valence-corrected chi connectivity index (χ2v) is 8.75. The molecule has 2 aromatic carbocycles. The van der Waals surface area contributed by atoms with E-state index in [0.717, 1.165) is 28.9 Å². The van der Waals surface area contributed by atoms with E-state index in [2.05, 4.69) is 31.9 Å². The lowest BCUT2D eigenvalue weighted by atomic mass is 9.87. The van der Waals surface area contributed by atoms with Gasteiger partial charge in [-0.1, -0.05) is 12.1 Å². The second-order valence-electron chi connectivity index (χ2n) is 7.87. The SMILES string of the molecule is Cn1nccc1-c1cc(C(F)(F)F)ccc1C1CCc2cc(SNc3ncccn3)ccc21. The molecule has 1 atom stereocenters. The van der Waals surface area contributed by atoms with E-state index < -0.39 is 11.7 Å². The Morgan fingerprint density at radius 1 is 1.00 bits per heavy atom. The van der Waals surface area contributed by atoms with Crippen molar-refractivity contribution in [3.8, 4) is 11.3 Å². The Morgan fingerprint density at radius 2 is 1.79 bits per heavy atom. The molecule has 0 fully saturated rings. The van der Waals surface area contributed by atoms with Gasteiger partial charge >= 0.3 is 6.18 Å². The standard InChI is InChI=1S/C24H20F3N5S/c1-32-22(9-12-30-32)21-14-16(24(25,26)27)4-7-20(21)19-6-3-15-13-17(5-8-18(15)19)33-31-23-28-10-2-11-29-23/h2,4-5,7-14,19H,3,6H2,1H3,(H,28,29,31). The third kappa shape index (κ3) is 4.32. The monoisotopic (exact) mass is 467 g/mol. The van der Waals surface area contributed by atoms with Crippen molar-refractivity contribution < 1.29 is 13.2 Å². The number of anilines is 1. The number of hydrogen-bond acceptors (Lipinski definition) is 5. The number of benzene rings is 2. The molecular formula is C24H20F3N5S. The molecule has 1 N–H and O–H groups in total.